The van der Waals surface area contributed by atoms with Gasteiger partial charge in [-0.1, -0.05) is 65.9 Å². The van der Waals surface area contributed by atoms with E-state index in [-0.39, 0.29) is 17.9 Å². The van der Waals surface area contributed by atoms with E-state index in [1.807, 2.05) is 30.0 Å². The first-order valence-electron chi connectivity index (χ1n) is 15.4. The molecule has 2 heterocycles. The van der Waals surface area contributed by atoms with Crippen LogP contribution in [0.4, 0.5) is 0 Å². The Kier molecular flexibility index (Phi) is 10.8. The van der Waals surface area contributed by atoms with Crippen LogP contribution in [0.5, 0.6) is 11.5 Å². The summed E-state index contributed by atoms with van der Waals surface area (Å²) < 4.78 is 13.0. The standard InChI is InChI=1S/C35H41N5O4S/c1-25-16-18-28(19-17-25)40-31(23-27-11-6-5-7-12-27)36-37-35(40)45-22-9-8-15-32(41)38-20-21-39(26(2)24-38)34(42)33-29(43-3)13-10-14-30(33)44-4/h5-7,10-14,16-19,26H,8-9,15,20-24H2,1-4H3. The number of carbonyl (C=O) groups excluding carboxylic acids is 2. The molecule has 1 unspecified atom stereocenters. The summed E-state index contributed by atoms with van der Waals surface area (Å²) in [5.41, 5.74) is 3.85. The number of thioether (sulfide) groups is 1. The van der Waals surface area contributed by atoms with Crippen molar-refractivity contribution in [1.29, 1.82) is 0 Å². The van der Waals surface area contributed by atoms with Gasteiger partial charge in [-0.25, -0.2) is 0 Å². The molecule has 1 saturated heterocycles. The van der Waals surface area contributed by atoms with Gasteiger partial charge in [0.1, 0.15) is 22.9 Å². The monoisotopic (exact) mass is 627 g/mol. The summed E-state index contributed by atoms with van der Waals surface area (Å²) >= 11 is 1.67. The first-order valence-corrected chi connectivity index (χ1v) is 16.4. The van der Waals surface area contributed by atoms with E-state index in [4.69, 9.17) is 9.47 Å². The number of piperazine rings is 1. The molecule has 2 amide bonds. The molecule has 4 aromatic rings. The molecule has 1 fully saturated rings. The summed E-state index contributed by atoms with van der Waals surface area (Å²) in [7, 11) is 3.09. The van der Waals surface area contributed by atoms with Crippen LogP contribution < -0.4 is 9.47 Å². The first kappa shape index (κ1) is 32.1. The zero-order valence-electron chi connectivity index (χ0n) is 26.4. The van der Waals surface area contributed by atoms with Gasteiger partial charge in [-0.05, 0) is 56.5 Å². The number of aryl methyl sites for hydroxylation is 1. The molecule has 0 saturated carbocycles. The summed E-state index contributed by atoms with van der Waals surface area (Å²) in [5.74, 6) is 2.67. The van der Waals surface area contributed by atoms with Crippen molar-refractivity contribution in [3.63, 3.8) is 0 Å². The third-order valence-corrected chi connectivity index (χ3v) is 9.11. The molecule has 3 aromatic carbocycles. The van der Waals surface area contributed by atoms with Gasteiger partial charge in [0, 0.05) is 50.0 Å². The lowest BCUT2D eigenvalue weighted by Gasteiger charge is -2.40. The fourth-order valence-electron chi connectivity index (χ4n) is 5.63. The van der Waals surface area contributed by atoms with Gasteiger partial charge in [0.2, 0.25) is 5.91 Å². The van der Waals surface area contributed by atoms with Crippen molar-refractivity contribution in [3.8, 4) is 17.2 Å². The molecule has 45 heavy (non-hydrogen) atoms. The van der Waals surface area contributed by atoms with E-state index in [1.165, 1.54) is 11.1 Å². The summed E-state index contributed by atoms with van der Waals surface area (Å²) in [6.07, 6.45) is 2.84. The normalized spacial score (nSPS) is 14.8. The number of carbonyl (C=O) groups is 2. The molecule has 10 heteroatoms. The van der Waals surface area contributed by atoms with Crippen LogP contribution in [0.1, 0.15) is 53.5 Å². The average Bonchev–Trinajstić information content (AvgIpc) is 3.46. The molecule has 0 radical (unpaired) electrons. The third kappa shape index (κ3) is 7.68. The van der Waals surface area contributed by atoms with Gasteiger partial charge in [0.15, 0.2) is 5.16 Å². The highest BCUT2D eigenvalue weighted by atomic mass is 32.2. The minimum Gasteiger partial charge on any atom is -0.496 e. The number of rotatable bonds is 12. The summed E-state index contributed by atoms with van der Waals surface area (Å²) in [6.45, 7) is 5.53. The highest BCUT2D eigenvalue weighted by Crippen LogP contribution is 2.31. The number of ether oxygens (including phenoxy) is 2. The number of benzene rings is 3. The molecule has 1 aromatic heterocycles. The van der Waals surface area contributed by atoms with Crippen LogP contribution in [-0.2, 0) is 11.2 Å². The van der Waals surface area contributed by atoms with Gasteiger partial charge in [0.05, 0.1) is 14.2 Å². The maximum atomic E-state index is 13.5. The van der Waals surface area contributed by atoms with Crippen molar-refractivity contribution in [2.24, 2.45) is 0 Å². The molecular formula is C35H41N5O4S. The lowest BCUT2D eigenvalue weighted by molar-refractivity contribution is -0.133. The van der Waals surface area contributed by atoms with Gasteiger partial charge in [-0.3, -0.25) is 14.2 Å². The molecule has 1 atom stereocenters. The molecule has 0 aliphatic carbocycles. The number of hydrogen-bond acceptors (Lipinski definition) is 7. The number of unbranched alkanes of at least 4 members (excludes halogenated alkanes) is 1. The quantitative estimate of drug-likeness (QED) is 0.145. The summed E-state index contributed by atoms with van der Waals surface area (Å²) in [5, 5.41) is 9.95. The van der Waals surface area contributed by atoms with Crippen LogP contribution >= 0.6 is 11.8 Å². The predicted octanol–water partition coefficient (Wildman–Crippen LogP) is 5.82. The molecule has 9 nitrogen and oxygen atoms in total. The topological polar surface area (TPSA) is 89.8 Å². The van der Waals surface area contributed by atoms with Gasteiger partial charge >= 0.3 is 0 Å². The van der Waals surface area contributed by atoms with Crippen LogP contribution in [0, 0.1) is 6.92 Å². The van der Waals surface area contributed by atoms with Gasteiger partial charge in [-0.15, -0.1) is 10.2 Å². The second-order valence-electron chi connectivity index (χ2n) is 11.3. The van der Waals surface area contributed by atoms with E-state index < -0.39 is 0 Å². The van der Waals surface area contributed by atoms with Gasteiger partial charge in [-0.2, -0.15) is 0 Å². The Morgan fingerprint density at radius 2 is 1.60 bits per heavy atom. The Morgan fingerprint density at radius 1 is 0.889 bits per heavy atom. The molecule has 0 bridgehead atoms. The molecule has 236 valence electrons. The van der Waals surface area contributed by atoms with Crippen molar-refractivity contribution >= 4 is 23.6 Å². The Labute approximate surface area is 269 Å². The number of nitrogens with zero attached hydrogens (tertiary/aromatic N) is 5. The predicted molar refractivity (Wildman–Crippen MR) is 177 cm³/mol. The molecule has 0 N–H and O–H groups in total. The number of aromatic nitrogens is 3. The number of hydrogen-bond donors (Lipinski definition) is 0. The van der Waals surface area contributed by atoms with E-state index in [1.54, 1.807) is 49.1 Å². The Morgan fingerprint density at radius 3 is 2.27 bits per heavy atom. The zero-order chi connectivity index (χ0) is 31.8. The lowest BCUT2D eigenvalue weighted by Crippen LogP contribution is -2.55. The molecule has 5 rings (SSSR count). The Hall–Kier alpha value is -4.31. The zero-order valence-corrected chi connectivity index (χ0v) is 27.3. The van der Waals surface area contributed by atoms with E-state index in [0.717, 1.165) is 35.3 Å². The molecule has 1 aliphatic heterocycles. The van der Waals surface area contributed by atoms with Crippen LogP contribution in [0.15, 0.2) is 78.0 Å². The number of methoxy groups -OCH3 is 2. The van der Waals surface area contributed by atoms with Crippen molar-refractivity contribution in [2.75, 3.05) is 39.6 Å². The van der Waals surface area contributed by atoms with E-state index >= 15 is 0 Å². The van der Waals surface area contributed by atoms with E-state index in [9.17, 15) is 9.59 Å². The Bertz CT molecular complexity index is 1570. The summed E-state index contributed by atoms with van der Waals surface area (Å²) in [6, 6.07) is 23.9. The van der Waals surface area contributed by atoms with Gasteiger partial charge < -0.3 is 19.3 Å². The summed E-state index contributed by atoms with van der Waals surface area (Å²) in [4.78, 5) is 30.3. The highest BCUT2D eigenvalue weighted by Gasteiger charge is 2.32. The Balaban J connectivity index is 1.13. The maximum absolute atomic E-state index is 13.5. The lowest BCUT2D eigenvalue weighted by atomic mass is 10.1. The van der Waals surface area contributed by atoms with E-state index in [0.29, 0.717) is 49.5 Å². The molecule has 1 aliphatic rings. The third-order valence-electron chi connectivity index (χ3n) is 8.10. The number of amides is 2. The van der Waals surface area contributed by atoms with Crippen molar-refractivity contribution < 1.29 is 19.1 Å². The first-order chi connectivity index (χ1) is 21.9. The van der Waals surface area contributed by atoms with Crippen LogP contribution in [0.2, 0.25) is 0 Å². The minimum atomic E-state index is -0.147. The molecular weight excluding hydrogens is 586 g/mol. The van der Waals surface area contributed by atoms with E-state index in [2.05, 4.69) is 58.1 Å². The minimum absolute atomic E-state index is 0.126. The second kappa shape index (κ2) is 15.1. The average molecular weight is 628 g/mol. The van der Waals surface area contributed by atoms with Crippen molar-refractivity contribution in [2.45, 2.75) is 50.7 Å². The SMILES string of the molecule is COc1cccc(OC)c1C(=O)N1CCN(C(=O)CCCCSc2nnc(Cc3ccccc3)n2-c2ccc(C)cc2)CC1C. The van der Waals surface area contributed by atoms with Crippen molar-refractivity contribution in [3.05, 3.63) is 95.3 Å². The molecule has 0 spiro atoms. The van der Waals surface area contributed by atoms with Crippen LogP contribution in [0.3, 0.4) is 0 Å². The van der Waals surface area contributed by atoms with Crippen LogP contribution in [0.25, 0.3) is 5.69 Å². The van der Waals surface area contributed by atoms with Crippen molar-refractivity contribution in [1.82, 2.24) is 24.6 Å². The largest absolute Gasteiger partial charge is 0.496 e. The fraction of sp³-hybridized carbons (Fsp3) is 0.371. The highest BCUT2D eigenvalue weighted by molar-refractivity contribution is 7.99. The maximum Gasteiger partial charge on any atom is 0.261 e. The van der Waals surface area contributed by atoms with Gasteiger partial charge in [0.25, 0.3) is 5.91 Å². The van der Waals surface area contributed by atoms with Crippen LogP contribution in [-0.4, -0.2) is 82.0 Å². The smallest absolute Gasteiger partial charge is 0.261 e. The fourth-order valence-corrected chi connectivity index (χ4v) is 6.60. The second-order valence-corrected chi connectivity index (χ2v) is 12.3.